The number of imidazole rings is 1. The first-order valence-electron chi connectivity index (χ1n) is 33.4. The summed E-state index contributed by atoms with van der Waals surface area (Å²) in [6, 6.07) is 92.0. The monoisotopic (exact) mass is 1400 g/mol. The van der Waals surface area contributed by atoms with Crippen molar-refractivity contribution in [3.05, 3.63) is 303 Å². The molecular formula is C86H70N4OPtS-2. The van der Waals surface area contributed by atoms with Crippen LogP contribution in [0.4, 0.5) is 0 Å². The Bertz CT molecular complexity index is 5480. The molecule has 1 aliphatic heterocycles. The molecule has 14 aromatic rings. The van der Waals surface area contributed by atoms with Gasteiger partial charge in [-0.25, -0.2) is 0 Å². The molecule has 11 aromatic carbocycles. The van der Waals surface area contributed by atoms with Gasteiger partial charge in [-0.3, -0.25) is 0 Å². The normalized spacial score (nSPS) is 14.0. The summed E-state index contributed by atoms with van der Waals surface area (Å²) in [4.78, 5) is 7.69. The zero-order valence-corrected chi connectivity index (χ0v) is 56.6. The average Bonchev–Trinajstić information content (AvgIpc) is 1.51. The van der Waals surface area contributed by atoms with E-state index < -0.39 is 12.3 Å². The third-order valence-corrected chi connectivity index (χ3v) is 21.2. The van der Waals surface area contributed by atoms with Crippen molar-refractivity contribution in [3.8, 4) is 73.2 Å². The van der Waals surface area contributed by atoms with Gasteiger partial charge in [-0.2, -0.15) is 0 Å². The Morgan fingerprint density at radius 2 is 1.02 bits per heavy atom. The van der Waals surface area contributed by atoms with Crippen molar-refractivity contribution in [1.82, 2.24) is 18.7 Å². The fraction of sp³-hybridized carbons (Fsp3) is 0.163. The van der Waals surface area contributed by atoms with Crippen LogP contribution in [0.15, 0.2) is 253 Å². The summed E-state index contributed by atoms with van der Waals surface area (Å²) in [5, 5.41) is 1.90. The quantitative estimate of drug-likeness (QED) is 0.142. The molecule has 0 fully saturated rings. The van der Waals surface area contributed by atoms with Gasteiger partial charge in [-0.1, -0.05) is 117 Å². The van der Waals surface area contributed by atoms with Crippen molar-refractivity contribution in [2.45, 2.75) is 101 Å². The number of rotatable bonds is 8. The molecule has 7 heteroatoms. The van der Waals surface area contributed by atoms with Crippen molar-refractivity contribution in [3.63, 3.8) is 0 Å². The van der Waals surface area contributed by atoms with Crippen molar-refractivity contribution in [1.29, 1.82) is 0 Å². The SMILES string of the molecule is [2H]C([2H])([2H])c1cc(-n2c3[c-]c(Oc4[c-]c(-n5[c](=[Pt])n(-c6c(-c7ccccc7)cccc6-c6cc(C(C)(C)C)cc(C(C)(C)C)c6)c6ccccc65)ccc4)ccc3c3cc4c(cc32)C2(c3ccccc3Sc3ccccc32)c2ccccc2-4)ncc1-c1ccc(C(C)(C)C)cc1. The van der Waals surface area contributed by atoms with Gasteiger partial charge < -0.3 is 0 Å². The molecule has 5 nitrogen and oxygen atoms in total. The summed E-state index contributed by atoms with van der Waals surface area (Å²) in [5.41, 5.74) is 21.6. The van der Waals surface area contributed by atoms with Crippen LogP contribution in [-0.4, -0.2) is 18.7 Å². The first-order chi connectivity index (χ1) is 46.0. The molecule has 1 aliphatic carbocycles. The second-order valence-electron chi connectivity index (χ2n) is 27.9. The Morgan fingerprint density at radius 3 is 1.70 bits per heavy atom. The number of aromatic nitrogens is 4. The molecule has 0 radical (unpaired) electrons. The minimum atomic E-state index is -2.49. The van der Waals surface area contributed by atoms with Gasteiger partial charge in [0.25, 0.3) is 0 Å². The van der Waals surface area contributed by atoms with Crippen LogP contribution in [0.25, 0.3) is 94.5 Å². The minimum absolute atomic E-state index is 0.0804. The second-order valence-corrected chi connectivity index (χ2v) is 30.0. The molecule has 3 aromatic heterocycles. The van der Waals surface area contributed by atoms with E-state index in [1.165, 1.54) is 48.7 Å². The average molecular weight is 1410 g/mol. The van der Waals surface area contributed by atoms with E-state index in [2.05, 4.69) is 308 Å². The predicted octanol–water partition coefficient (Wildman–Crippen LogP) is 22.4. The molecule has 2 aliphatic rings. The molecule has 0 bridgehead atoms. The van der Waals surface area contributed by atoms with E-state index in [4.69, 9.17) is 13.8 Å². The van der Waals surface area contributed by atoms with Gasteiger partial charge in [0.15, 0.2) is 0 Å². The van der Waals surface area contributed by atoms with Crippen molar-refractivity contribution >= 4 is 44.6 Å². The van der Waals surface area contributed by atoms with Crippen LogP contribution in [0, 0.1) is 22.8 Å². The molecule has 16 rings (SSSR count). The maximum atomic E-state index is 9.14. The van der Waals surface area contributed by atoms with Crippen LogP contribution in [0.2, 0.25) is 0 Å². The third kappa shape index (κ3) is 9.61. The second kappa shape index (κ2) is 21.9. The maximum absolute atomic E-state index is 9.14. The number of hydrogen-bond acceptors (Lipinski definition) is 3. The molecule has 0 atom stereocenters. The van der Waals surface area contributed by atoms with Crippen LogP contribution < -0.4 is 4.74 Å². The molecular weight excluding hydrogens is 1330 g/mol. The third-order valence-electron chi connectivity index (χ3n) is 19.0. The van der Waals surface area contributed by atoms with E-state index >= 15 is 0 Å². The fourth-order valence-corrected chi connectivity index (χ4v) is 16.6. The zero-order valence-electron chi connectivity index (χ0n) is 56.5. The van der Waals surface area contributed by atoms with E-state index in [1.807, 2.05) is 42.1 Å². The van der Waals surface area contributed by atoms with E-state index in [-0.39, 0.29) is 21.8 Å². The predicted molar refractivity (Wildman–Crippen MR) is 381 cm³/mol. The molecule has 0 N–H and O–H groups in total. The summed E-state index contributed by atoms with van der Waals surface area (Å²) < 4.78 is 42.2. The van der Waals surface area contributed by atoms with Crippen LogP contribution >= 0.6 is 11.8 Å². The summed E-state index contributed by atoms with van der Waals surface area (Å²) in [5.74, 6) is 1.42. The number of benzene rings is 11. The first-order valence-corrected chi connectivity index (χ1v) is 33.9. The molecule has 0 unspecified atom stereocenters. The Kier molecular flexibility index (Phi) is 13.0. The Labute approximate surface area is 564 Å². The summed E-state index contributed by atoms with van der Waals surface area (Å²) >= 11 is 4.32. The van der Waals surface area contributed by atoms with Gasteiger partial charge >= 0.3 is 346 Å². The van der Waals surface area contributed by atoms with E-state index in [1.54, 1.807) is 12.3 Å². The van der Waals surface area contributed by atoms with Crippen molar-refractivity contribution in [2.75, 3.05) is 0 Å². The smallest absolute Gasteiger partial charge is 0.0894 e. The molecule has 0 saturated heterocycles. The summed E-state index contributed by atoms with van der Waals surface area (Å²) in [7, 11) is 0. The first kappa shape index (κ1) is 55.3. The van der Waals surface area contributed by atoms with Crippen LogP contribution in [0.3, 0.4) is 0 Å². The number of fused-ring (bicyclic) bond motifs is 13. The molecule has 4 heterocycles. The summed E-state index contributed by atoms with van der Waals surface area (Å²) in [6.45, 7) is 17.8. The van der Waals surface area contributed by atoms with Gasteiger partial charge in [0.1, 0.15) is 0 Å². The Balaban J connectivity index is 0.881. The minimum Gasteiger partial charge on any atom is -0.0894 e. The number of pyridine rings is 1. The molecule has 0 saturated carbocycles. The number of ether oxygens (including phenoxy) is 1. The number of hydrogen-bond donors (Lipinski definition) is 0. The standard InChI is InChI=1S/C86H70N4OS.Pt/c1-54-44-81(87-52-70(54)56-38-40-58(41-39-56)83(2,3)4)90-77-49-63(42-43-67(77)69-50-68-66-28-14-15-31-71(66)86(74(68)51-78(69)90)72-32-16-20-36-79(72)92-80-37-21-17-33-73(80)86)91-62-27-22-26-61(48-62)88-53-89(76-35-19-18-34-75(76)88)82-64(55-24-12-11-13-25-55)29-23-30-65(82)57-45-59(84(5,6)7)47-60(46-57)85(8,9)10;/h11-47,50-52H,1-10H3;/q-2;/i1D3;. The zero-order chi connectivity index (χ0) is 66.4. The fourth-order valence-electron chi connectivity index (χ4n) is 14.3. The summed E-state index contributed by atoms with van der Waals surface area (Å²) in [6.07, 6.45) is 1.74. The van der Waals surface area contributed by atoms with Gasteiger partial charge in [-0.05, 0) is 74.5 Å². The van der Waals surface area contributed by atoms with Gasteiger partial charge in [0.05, 0.1) is 5.41 Å². The van der Waals surface area contributed by atoms with Crippen molar-refractivity contribution < 1.29 is 28.2 Å². The van der Waals surface area contributed by atoms with Gasteiger partial charge in [0, 0.05) is 25.7 Å². The van der Waals surface area contributed by atoms with Gasteiger partial charge in [-0.15, -0.1) is 0 Å². The topological polar surface area (TPSA) is 36.9 Å². The van der Waals surface area contributed by atoms with E-state index in [0.29, 0.717) is 28.4 Å². The van der Waals surface area contributed by atoms with Crippen LogP contribution in [0.1, 0.15) is 111 Å². The molecule has 93 heavy (non-hydrogen) atoms. The van der Waals surface area contributed by atoms with E-state index in [0.717, 1.165) is 81.4 Å². The molecule has 0 amide bonds. The number of nitrogens with zero attached hydrogens (tertiary/aromatic N) is 4. The van der Waals surface area contributed by atoms with Crippen molar-refractivity contribution in [2.24, 2.45) is 0 Å². The number of aryl methyl sites for hydroxylation is 1. The Morgan fingerprint density at radius 1 is 0.441 bits per heavy atom. The Hall–Kier alpha value is -9.32. The van der Waals surface area contributed by atoms with Crippen LogP contribution in [0.5, 0.6) is 11.5 Å². The van der Waals surface area contributed by atoms with E-state index in [9.17, 15) is 0 Å². The number of para-hydroxylation sites is 3. The van der Waals surface area contributed by atoms with Gasteiger partial charge in [0.2, 0.25) is 0 Å². The van der Waals surface area contributed by atoms with Crippen LogP contribution in [-0.2, 0) is 41.0 Å². The molecule has 1 spiro atoms. The molecule has 458 valence electrons.